The Balaban J connectivity index is 1.43. The number of nitrogens with zero attached hydrogens (tertiary/aromatic N) is 5. The van der Waals surface area contributed by atoms with Crippen molar-refractivity contribution >= 4 is 17.4 Å². The van der Waals surface area contributed by atoms with Crippen molar-refractivity contribution < 1.29 is 13.9 Å². The van der Waals surface area contributed by atoms with Crippen LogP contribution in [0.25, 0.3) is 5.82 Å². The lowest BCUT2D eigenvalue weighted by Gasteiger charge is -2.27. The Morgan fingerprint density at radius 3 is 2.50 bits per heavy atom. The molecule has 0 radical (unpaired) electrons. The number of amides is 1. The first-order valence-corrected chi connectivity index (χ1v) is 10.7. The van der Waals surface area contributed by atoms with Crippen molar-refractivity contribution in [3.63, 3.8) is 0 Å². The van der Waals surface area contributed by atoms with Crippen molar-refractivity contribution in [1.82, 2.24) is 20.0 Å². The van der Waals surface area contributed by atoms with Crippen LogP contribution in [0, 0.1) is 26.6 Å². The number of benzene rings is 1. The third kappa shape index (κ3) is 4.77. The topological polar surface area (TPSA) is 85.2 Å². The quantitative estimate of drug-likeness (QED) is 0.637. The number of hydrogen-bond donors (Lipinski definition) is 1. The van der Waals surface area contributed by atoms with Crippen molar-refractivity contribution in [2.24, 2.45) is 0 Å². The van der Waals surface area contributed by atoms with Crippen molar-refractivity contribution in [2.75, 3.05) is 36.5 Å². The molecule has 1 aromatic carbocycles. The van der Waals surface area contributed by atoms with E-state index in [-0.39, 0.29) is 11.7 Å². The van der Waals surface area contributed by atoms with Crippen molar-refractivity contribution in [1.29, 1.82) is 0 Å². The number of halogens is 1. The predicted molar refractivity (Wildman–Crippen MR) is 120 cm³/mol. The van der Waals surface area contributed by atoms with E-state index in [0.717, 1.165) is 35.9 Å². The number of rotatable bonds is 6. The molecule has 32 heavy (non-hydrogen) atoms. The second-order valence-corrected chi connectivity index (χ2v) is 7.92. The van der Waals surface area contributed by atoms with Gasteiger partial charge < -0.3 is 15.0 Å². The highest BCUT2D eigenvalue weighted by molar-refractivity contribution is 5.91. The molecular weight excluding hydrogens is 411 g/mol. The SMILES string of the molecule is Cc1cc(F)ccc1NC(=O)CCc1c(C)nn(-c2ccc(N3CCOCC3)nn2)c1C. The lowest BCUT2D eigenvalue weighted by atomic mass is 10.1. The van der Waals surface area contributed by atoms with Gasteiger partial charge in [0.15, 0.2) is 11.6 Å². The minimum atomic E-state index is -0.319. The molecule has 2 aromatic heterocycles. The Bertz CT molecular complexity index is 1110. The minimum absolute atomic E-state index is 0.124. The molecule has 1 fully saturated rings. The van der Waals surface area contributed by atoms with Crippen LogP contribution in [0.2, 0.25) is 0 Å². The fourth-order valence-corrected chi connectivity index (χ4v) is 3.87. The Morgan fingerprint density at radius 2 is 1.81 bits per heavy atom. The molecule has 1 saturated heterocycles. The van der Waals surface area contributed by atoms with E-state index in [2.05, 4.69) is 25.5 Å². The summed E-state index contributed by atoms with van der Waals surface area (Å²) < 4.78 is 20.4. The van der Waals surface area contributed by atoms with Gasteiger partial charge in [-0.1, -0.05) is 0 Å². The summed E-state index contributed by atoms with van der Waals surface area (Å²) in [6.07, 6.45) is 0.842. The van der Waals surface area contributed by atoms with E-state index < -0.39 is 0 Å². The maximum Gasteiger partial charge on any atom is 0.224 e. The van der Waals surface area contributed by atoms with E-state index in [4.69, 9.17) is 4.74 Å². The van der Waals surface area contributed by atoms with Gasteiger partial charge in [-0.15, -0.1) is 10.2 Å². The molecule has 1 amide bonds. The van der Waals surface area contributed by atoms with E-state index >= 15 is 0 Å². The Kier molecular flexibility index (Phi) is 6.45. The molecule has 8 nitrogen and oxygen atoms in total. The summed E-state index contributed by atoms with van der Waals surface area (Å²) in [6, 6.07) is 8.18. The highest BCUT2D eigenvalue weighted by Gasteiger charge is 2.17. The fraction of sp³-hybridized carbons (Fsp3) is 0.391. The molecule has 0 atom stereocenters. The van der Waals surface area contributed by atoms with E-state index in [1.165, 1.54) is 12.1 Å². The highest BCUT2D eigenvalue weighted by atomic mass is 19.1. The Hall–Kier alpha value is -3.33. The van der Waals surface area contributed by atoms with Crippen LogP contribution in [0.5, 0.6) is 0 Å². The second-order valence-electron chi connectivity index (χ2n) is 7.92. The molecule has 9 heteroatoms. The average molecular weight is 439 g/mol. The number of carbonyl (C=O) groups excluding carboxylic acids is 1. The van der Waals surface area contributed by atoms with Crippen LogP contribution in [-0.2, 0) is 16.0 Å². The fourth-order valence-electron chi connectivity index (χ4n) is 3.87. The van der Waals surface area contributed by atoms with Gasteiger partial charge in [0.1, 0.15) is 5.82 Å². The first-order valence-electron chi connectivity index (χ1n) is 10.7. The number of carbonyl (C=O) groups is 1. The molecule has 0 unspecified atom stereocenters. The molecule has 0 aliphatic carbocycles. The monoisotopic (exact) mass is 438 g/mol. The second kappa shape index (κ2) is 9.44. The summed E-state index contributed by atoms with van der Waals surface area (Å²) in [7, 11) is 0. The number of anilines is 2. The number of aromatic nitrogens is 4. The summed E-state index contributed by atoms with van der Waals surface area (Å²) in [5.41, 5.74) is 4.11. The zero-order valence-corrected chi connectivity index (χ0v) is 18.6. The van der Waals surface area contributed by atoms with Crippen LogP contribution in [-0.4, -0.2) is 52.2 Å². The molecule has 3 aromatic rings. The van der Waals surface area contributed by atoms with Gasteiger partial charge in [-0.05, 0) is 68.7 Å². The molecule has 0 spiro atoms. The maximum atomic E-state index is 13.3. The number of morpholine rings is 1. The van der Waals surface area contributed by atoms with E-state index in [9.17, 15) is 9.18 Å². The third-order valence-corrected chi connectivity index (χ3v) is 5.69. The lowest BCUT2D eigenvalue weighted by molar-refractivity contribution is -0.116. The molecule has 0 saturated carbocycles. The number of nitrogens with one attached hydrogen (secondary N) is 1. The van der Waals surface area contributed by atoms with Gasteiger partial charge >= 0.3 is 0 Å². The first kappa shape index (κ1) is 21.9. The molecule has 1 aliphatic rings. The zero-order valence-electron chi connectivity index (χ0n) is 18.6. The highest BCUT2D eigenvalue weighted by Crippen LogP contribution is 2.21. The molecule has 4 rings (SSSR count). The Morgan fingerprint density at radius 1 is 1.09 bits per heavy atom. The van der Waals surface area contributed by atoms with Gasteiger partial charge in [0.25, 0.3) is 0 Å². The van der Waals surface area contributed by atoms with Crippen molar-refractivity contribution in [3.8, 4) is 5.82 Å². The molecule has 3 heterocycles. The van der Waals surface area contributed by atoms with Crippen molar-refractivity contribution in [3.05, 3.63) is 58.7 Å². The summed E-state index contributed by atoms with van der Waals surface area (Å²) in [5.74, 6) is 1.02. The van der Waals surface area contributed by atoms with E-state index in [1.54, 1.807) is 17.7 Å². The zero-order chi connectivity index (χ0) is 22.7. The Labute approximate surface area is 186 Å². The average Bonchev–Trinajstić information content (AvgIpc) is 3.08. The summed E-state index contributed by atoms with van der Waals surface area (Å²) in [6.45, 7) is 8.65. The van der Waals surface area contributed by atoms with Gasteiger partial charge in [-0.25, -0.2) is 9.07 Å². The molecule has 1 N–H and O–H groups in total. The minimum Gasteiger partial charge on any atom is -0.378 e. The summed E-state index contributed by atoms with van der Waals surface area (Å²) >= 11 is 0. The van der Waals surface area contributed by atoms with Crippen LogP contribution >= 0.6 is 0 Å². The maximum absolute atomic E-state index is 13.3. The van der Waals surface area contributed by atoms with Crippen LogP contribution in [0.4, 0.5) is 15.9 Å². The van der Waals surface area contributed by atoms with Crippen LogP contribution in [0.3, 0.4) is 0 Å². The van der Waals surface area contributed by atoms with Gasteiger partial charge in [0.2, 0.25) is 5.91 Å². The molecule has 1 aliphatic heterocycles. The normalized spacial score (nSPS) is 13.9. The van der Waals surface area contributed by atoms with Crippen LogP contribution < -0.4 is 10.2 Å². The van der Waals surface area contributed by atoms with Crippen molar-refractivity contribution in [2.45, 2.75) is 33.6 Å². The smallest absolute Gasteiger partial charge is 0.224 e. The number of ether oxygens (including phenoxy) is 1. The largest absolute Gasteiger partial charge is 0.378 e. The van der Waals surface area contributed by atoms with Gasteiger partial charge in [-0.2, -0.15) is 5.10 Å². The molecular formula is C23H27FN6O2. The van der Waals surface area contributed by atoms with Crippen LogP contribution in [0.15, 0.2) is 30.3 Å². The summed E-state index contributed by atoms with van der Waals surface area (Å²) in [4.78, 5) is 14.6. The standard InChI is InChI=1S/C23H27FN6O2/c1-15-14-18(24)4-6-20(15)25-23(31)9-5-19-16(2)28-30(17(19)3)22-8-7-21(26-27-22)29-10-12-32-13-11-29/h4,6-8,14H,5,9-13H2,1-3H3,(H,25,31). The number of aryl methyl sites for hydroxylation is 2. The lowest BCUT2D eigenvalue weighted by Crippen LogP contribution is -2.36. The van der Waals surface area contributed by atoms with E-state index in [0.29, 0.717) is 43.1 Å². The first-order chi connectivity index (χ1) is 15.4. The molecule has 168 valence electrons. The van der Waals surface area contributed by atoms with Crippen LogP contribution in [0.1, 0.15) is 28.9 Å². The molecule has 0 bridgehead atoms. The third-order valence-electron chi connectivity index (χ3n) is 5.69. The van der Waals surface area contributed by atoms with Gasteiger partial charge in [-0.3, -0.25) is 4.79 Å². The van der Waals surface area contributed by atoms with Gasteiger partial charge in [0, 0.05) is 30.9 Å². The van der Waals surface area contributed by atoms with E-state index in [1.807, 2.05) is 26.0 Å². The predicted octanol–water partition coefficient (Wildman–Crippen LogP) is 3.13. The summed E-state index contributed by atoms with van der Waals surface area (Å²) in [5, 5.41) is 16.2. The number of hydrogen-bond acceptors (Lipinski definition) is 6. The van der Waals surface area contributed by atoms with Gasteiger partial charge in [0.05, 0.1) is 18.9 Å².